The Balaban J connectivity index is 3.03. The Bertz CT molecular complexity index is 440. The Morgan fingerprint density at radius 2 is 2.00 bits per heavy atom. The molecular formula is C13H21F3N4O. The summed E-state index contributed by atoms with van der Waals surface area (Å²) in [7, 11) is 1.49. The molecule has 21 heavy (non-hydrogen) atoms. The van der Waals surface area contributed by atoms with Crippen LogP contribution in [0.25, 0.3) is 0 Å². The van der Waals surface area contributed by atoms with Gasteiger partial charge in [0, 0.05) is 26.3 Å². The molecule has 5 nitrogen and oxygen atoms in total. The van der Waals surface area contributed by atoms with Crippen molar-refractivity contribution in [1.82, 2.24) is 9.97 Å². The lowest BCUT2D eigenvalue weighted by Gasteiger charge is -2.24. The normalized spacial score (nSPS) is 11.5. The molecule has 120 valence electrons. The van der Waals surface area contributed by atoms with Gasteiger partial charge in [0.25, 0.3) is 0 Å². The van der Waals surface area contributed by atoms with Gasteiger partial charge in [-0.25, -0.2) is 9.97 Å². The topological polar surface area (TPSA) is 50.3 Å². The second kappa shape index (κ2) is 8.02. The number of anilines is 2. The Labute approximate surface area is 122 Å². The first-order chi connectivity index (χ1) is 9.89. The Kier molecular flexibility index (Phi) is 6.67. The molecule has 0 radical (unpaired) electrons. The number of nitrogens with one attached hydrogen (secondary N) is 1. The predicted molar refractivity (Wildman–Crippen MR) is 75.5 cm³/mol. The molecule has 1 aromatic rings. The highest BCUT2D eigenvalue weighted by Crippen LogP contribution is 2.22. The fourth-order valence-corrected chi connectivity index (χ4v) is 1.75. The fraction of sp³-hybridized carbons (Fsp3) is 0.692. The maximum Gasteiger partial charge on any atom is 0.405 e. The van der Waals surface area contributed by atoms with E-state index in [9.17, 15) is 13.2 Å². The van der Waals surface area contributed by atoms with Crippen LogP contribution < -0.4 is 10.2 Å². The summed E-state index contributed by atoms with van der Waals surface area (Å²) < 4.78 is 42.8. The molecule has 0 fully saturated rings. The van der Waals surface area contributed by atoms with Crippen LogP contribution in [0, 0.1) is 0 Å². The number of nitrogens with zero attached hydrogens (tertiary/aromatic N) is 3. The standard InChI is InChI=1S/C13H21F3N4O/c1-4-6-17-10-7-12(19-11(18-10)8-21-3)20(5-2)9-13(14,15)16/h7H,4-6,8-9H2,1-3H3,(H,17,18,19). The van der Waals surface area contributed by atoms with Crippen LogP contribution in [0.5, 0.6) is 0 Å². The van der Waals surface area contributed by atoms with Crippen LogP contribution in [0.15, 0.2) is 6.07 Å². The van der Waals surface area contributed by atoms with E-state index in [0.717, 1.165) is 11.3 Å². The molecule has 0 bridgehead atoms. The van der Waals surface area contributed by atoms with Gasteiger partial charge >= 0.3 is 6.18 Å². The number of rotatable bonds is 8. The summed E-state index contributed by atoms with van der Waals surface area (Å²) in [6.07, 6.45) is -3.39. The van der Waals surface area contributed by atoms with Gasteiger partial charge in [-0.1, -0.05) is 6.92 Å². The van der Waals surface area contributed by atoms with E-state index in [1.807, 2.05) is 6.92 Å². The van der Waals surface area contributed by atoms with Gasteiger partial charge in [0.15, 0.2) is 5.82 Å². The molecule has 0 aliphatic rings. The Morgan fingerprint density at radius 3 is 2.52 bits per heavy atom. The molecule has 0 saturated carbocycles. The number of aromatic nitrogens is 2. The second-order valence-electron chi connectivity index (χ2n) is 4.52. The zero-order chi connectivity index (χ0) is 15.9. The minimum atomic E-state index is -4.28. The van der Waals surface area contributed by atoms with Crippen LogP contribution in [-0.2, 0) is 11.3 Å². The van der Waals surface area contributed by atoms with Crippen molar-refractivity contribution < 1.29 is 17.9 Å². The molecule has 0 aliphatic heterocycles. The van der Waals surface area contributed by atoms with E-state index in [4.69, 9.17) is 4.74 Å². The fourth-order valence-electron chi connectivity index (χ4n) is 1.75. The molecule has 1 aromatic heterocycles. The maximum atomic E-state index is 12.6. The molecule has 0 amide bonds. The molecule has 0 atom stereocenters. The molecular weight excluding hydrogens is 285 g/mol. The van der Waals surface area contributed by atoms with Crippen LogP contribution in [0.3, 0.4) is 0 Å². The third-order valence-corrected chi connectivity index (χ3v) is 2.66. The summed E-state index contributed by atoms with van der Waals surface area (Å²) in [6.45, 7) is 3.65. The van der Waals surface area contributed by atoms with Crippen molar-refractivity contribution in [2.75, 3.05) is 37.0 Å². The first kappa shape index (κ1) is 17.5. The average Bonchev–Trinajstić information content (AvgIpc) is 2.41. The molecule has 1 heterocycles. The van der Waals surface area contributed by atoms with Crippen LogP contribution in [-0.4, -0.2) is 42.9 Å². The minimum Gasteiger partial charge on any atom is -0.377 e. The van der Waals surface area contributed by atoms with Crippen LogP contribution in [0.2, 0.25) is 0 Å². The molecule has 0 unspecified atom stereocenters. The first-order valence-electron chi connectivity index (χ1n) is 6.82. The third-order valence-electron chi connectivity index (χ3n) is 2.66. The summed E-state index contributed by atoms with van der Waals surface area (Å²) >= 11 is 0. The highest BCUT2D eigenvalue weighted by Gasteiger charge is 2.31. The SMILES string of the molecule is CCCNc1cc(N(CC)CC(F)(F)F)nc(COC)n1. The Hall–Kier alpha value is -1.57. The number of alkyl halides is 3. The second-order valence-corrected chi connectivity index (χ2v) is 4.52. The van der Waals surface area contributed by atoms with Crippen molar-refractivity contribution in [3.63, 3.8) is 0 Å². The molecule has 8 heteroatoms. The van der Waals surface area contributed by atoms with Crippen molar-refractivity contribution in [1.29, 1.82) is 0 Å². The van der Waals surface area contributed by atoms with Gasteiger partial charge in [0.2, 0.25) is 0 Å². The van der Waals surface area contributed by atoms with Crippen LogP contribution in [0.4, 0.5) is 24.8 Å². The van der Waals surface area contributed by atoms with E-state index in [-0.39, 0.29) is 19.0 Å². The van der Waals surface area contributed by atoms with E-state index in [2.05, 4.69) is 15.3 Å². The summed E-state index contributed by atoms with van der Waals surface area (Å²) in [5.74, 6) is 1.11. The highest BCUT2D eigenvalue weighted by atomic mass is 19.4. The lowest BCUT2D eigenvalue weighted by molar-refractivity contribution is -0.119. The van der Waals surface area contributed by atoms with Gasteiger partial charge in [0.05, 0.1) is 0 Å². The van der Waals surface area contributed by atoms with E-state index >= 15 is 0 Å². The predicted octanol–water partition coefficient (Wildman–Crippen LogP) is 2.83. The maximum absolute atomic E-state index is 12.6. The minimum absolute atomic E-state index is 0.151. The monoisotopic (exact) mass is 306 g/mol. The summed E-state index contributed by atoms with van der Waals surface area (Å²) in [5, 5.41) is 3.06. The number of hydrogen-bond donors (Lipinski definition) is 1. The largest absolute Gasteiger partial charge is 0.405 e. The van der Waals surface area contributed by atoms with Crippen molar-refractivity contribution >= 4 is 11.6 Å². The number of hydrogen-bond acceptors (Lipinski definition) is 5. The van der Waals surface area contributed by atoms with Gasteiger partial charge in [-0.2, -0.15) is 13.2 Å². The van der Waals surface area contributed by atoms with Crippen LogP contribution in [0.1, 0.15) is 26.1 Å². The van der Waals surface area contributed by atoms with Crippen molar-refractivity contribution in [2.24, 2.45) is 0 Å². The van der Waals surface area contributed by atoms with E-state index < -0.39 is 12.7 Å². The van der Waals surface area contributed by atoms with Crippen molar-refractivity contribution in [2.45, 2.75) is 33.1 Å². The van der Waals surface area contributed by atoms with Gasteiger partial charge in [0.1, 0.15) is 24.8 Å². The van der Waals surface area contributed by atoms with Gasteiger partial charge < -0.3 is 15.0 Å². The summed E-state index contributed by atoms with van der Waals surface area (Å²) in [4.78, 5) is 9.52. The average molecular weight is 306 g/mol. The zero-order valence-electron chi connectivity index (χ0n) is 12.5. The number of halogens is 3. The molecule has 0 aliphatic carbocycles. The van der Waals surface area contributed by atoms with Gasteiger partial charge in [-0.3, -0.25) is 0 Å². The third kappa shape index (κ3) is 6.16. The zero-order valence-corrected chi connectivity index (χ0v) is 12.5. The number of methoxy groups -OCH3 is 1. The van der Waals surface area contributed by atoms with Crippen molar-refractivity contribution in [3.8, 4) is 0 Å². The smallest absolute Gasteiger partial charge is 0.377 e. The molecule has 1 rings (SSSR count). The summed E-state index contributed by atoms with van der Waals surface area (Å²) in [5.41, 5.74) is 0. The molecule has 0 aromatic carbocycles. The highest BCUT2D eigenvalue weighted by molar-refractivity contribution is 5.49. The van der Waals surface area contributed by atoms with Crippen LogP contribution >= 0.6 is 0 Å². The van der Waals surface area contributed by atoms with E-state index in [1.54, 1.807) is 6.92 Å². The van der Waals surface area contributed by atoms with E-state index in [0.29, 0.717) is 18.2 Å². The van der Waals surface area contributed by atoms with Gasteiger partial charge in [-0.05, 0) is 13.3 Å². The molecule has 0 spiro atoms. The van der Waals surface area contributed by atoms with Crippen molar-refractivity contribution in [3.05, 3.63) is 11.9 Å². The Morgan fingerprint density at radius 1 is 1.29 bits per heavy atom. The molecule has 1 N–H and O–H groups in total. The lowest BCUT2D eigenvalue weighted by atomic mass is 10.4. The lowest BCUT2D eigenvalue weighted by Crippen LogP contribution is -2.35. The summed E-state index contributed by atoms with van der Waals surface area (Å²) in [6, 6.07) is 1.53. The quantitative estimate of drug-likeness (QED) is 0.800. The first-order valence-corrected chi connectivity index (χ1v) is 6.82. The molecule has 0 saturated heterocycles. The van der Waals surface area contributed by atoms with Gasteiger partial charge in [-0.15, -0.1) is 0 Å². The van der Waals surface area contributed by atoms with E-state index in [1.165, 1.54) is 13.2 Å². The number of ether oxygens (including phenoxy) is 1.